The van der Waals surface area contributed by atoms with Crippen LogP contribution in [0.2, 0.25) is 0 Å². The van der Waals surface area contributed by atoms with Crippen LogP contribution in [0.1, 0.15) is 87.2 Å². The van der Waals surface area contributed by atoms with Gasteiger partial charge in [-0.2, -0.15) is 4.98 Å². The molecule has 8 heteroatoms. The average molecular weight is 528 g/mol. The Morgan fingerprint density at radius 1 is 0.949 bits per heavy atom. The number of hydrogen-bond acceptors (Lipinski definition) is 7. The highest BCUT2D eigenvalue weighted by atomic mass is 16.5. The van der Waals surface area contributed by atoms with Crippen molar-refractivity contribution in [2.45, 2.75) is 65.4 Å². The van der Waals surface area contributed by atoms with E-state index >= 15 is 0 Å². The molecule has 4 aromatic rings. The van der Waals surface area contributed by atoms with Gasteiger partial charge in [0.25, 0.3) is 6.01 Å². The molecule has 2 N–H and O–H groups in total. The molecular formula is C31H33N3O5. The van der Waals surface area contributed by atoms with E-state index in [1.54, 1.807) is 19.9 Å². The molecule has 0 bridgehead atoms. The van der Waals surface area contributed by atoms with Gasteiger partial charge in [0.15, 0.2) is 0 Å². The Kier molecular flexibility index (Phi) is 6.80. The van der Waals surface area contributed by atoms with Crippen LogP contribution in [0.15, 0.2) is 62.2 Å². The van der Waals surface area contributed by atoms with Crippen molar-refractivity contribution in [3.63, 3.8) is 0 Å². The van der Waals surface area contributed by atoms with Crippen LogP contribution in [0.25, 0.3) is 17.5 Å². The zero-order valence-electron chi connectivity index (χ0n) is 23.0. The first-order valence-electron chi connectivity index (χ1n) is 13.2. The van der Waals surface area contributed by atoms with Gasteiger partial charge >= 0.3 is 11.6 Å². The lowest BCUT2D eigenvalue weighted by atomic mass is 9.86. The second-order valence-electron chi connectivity index (χ2n) is 10.7. The predicted octanol–water partition coefficient (Wildman–Crippen LogP) is 4.32. The van der Waals surface area contributed by atoms with Gasteiger partial charge in [-0.3, -0.25) is 0 Å². The van der Waals surface area contributed by atoms with Crippen molar-refractivity contribution in [3.8, 4) is 5.88 Å². The number of rotatable bonds is 6. The van der Waals surface area contributed by atoms with E-state index in [-0.39, 0.29) is 28.4 Å². The first-order chi connectivity index (χ1) is 18.5. The molecule has 0 unspecified atom stereocenters. The molecule has 2 aromatic heterocycles. The minimum Gasteiger partial charge on any atom is -0.459 e. The minimum absolute atomic E-state index is 0.0392. The summed E-state index contributed by atoms with van der Waals surface area (Å²) in [4.78, 5) is 31.3. The van der Waals surface area contributed by atoms with Crippen LogP contribution in [-0.2, 0) is 9.53 Å². The standard InChI is InChI=1S/C31H33N3O5/c1-16(2)20-9-7-19(8-10-20)15-23-29(35)38-27-25(30(36)37-18(5)6)24(22-13-11-21(12-14-22)17(3)4)26-28(34(23)27)39-31(32)33-26/h7-18,24H,1-6H3,(H2,32,33)/b23-15+/t24-/m1/s1. The Bertz CT molecular complexity index is 1700. The second kappa shape index (κ2) is 10.1. The summed E-state index contributed by atoms with van der Waals surface area (Å²) >= 11 is 0. The van der Waals surface area contributed by atoms with Crippen molar-refractivity contribution in [1.82, 2.24) is 9.55 Å². The highest BCUT2D eigenvalue weighted by Gasteiger charge is 2.40. The highest BCUT2D eigenvalue weighted by Crippen LogP contribution is 2.39. The van der Waals surface area contributed by atoms with E-state index in [2.05, 4.69) is 32.7 Å². The van der Waals surface area contributed by atoms with Crippen molar-refractivity contribution in [2.75, 3.05) is 5.73 Å². The summed E-state index contributed by atoms with van der Waals surface area (Å²) in [5.74, 6) is -0.373. The van der Waals surface area contributed by atoms with Crippen molar-refractivity contribution >= 4 is 23.6 Å². The maximum Gasteiger partial charge on any atom is 0.362 e. The zero-order valence-corrected chi connectivity index (χ0v) is 23.0. The molecule has 2 aromatic carbocycles. The number of anilines is 1. The number of esters is 1. The van der Waals surface area contributed by atoms with Crippen LogP contribution in [0.3, 0.4) is 0 Å². The van der Waals surface area contributed by atoms with E-state index in [0.717, 1.165) is 16.7 Å². The van der Waals surface area contributed by atoms with Crippen molar-refractivity contribution in [3.05, 3.63) is 97.8 Å². The first-order valence-corrected chi connectivity index (χ1v) is 13.2. The number of fused-ring (bicyclic) bond motifs is 3. The minimum atomic E-state index is -0.711. The number of hydrogen-bond donors (Lipinski definition) is 1. The summed E-state index contributed by atoms with van der Waals surface area (Å²) in [6, 6.07) is 15.7. The van der Waals surface area contributed by atoms with E-state index in [1.807, 2.05) is 48.5 Å². The van der Waals surface area contributed by atoms with Gasteiger partial charge in [0, 0.05) is 0 Å². The van der Waals surface area contributed by atoms with Crippen LogP contribution >= 0.6 is 0 Å². The Morgan fingerprint density at radius 2 is 1.54 bits per heavy atom. The van der Waals surface area contributed by atoms with E-state index in [1.165, 1.54) is 10.1 Å². The van der Waals surface area contributed by atoms with Crippen molar-refractivity contribution in [1.29, 1.82) is 0 Å². The van der Waals surface area contributed by atoms with Crippen molar-refractivity contribution in [2.24, 2.45) is 0 Å². The molecule has 5 rings (SSSR count). The number of benzene rings is 2. The molecule has 0 amide bonds. The molecule has 0 aliphatic carbocycles. The van der Waals surface area contributed by atoms with Gasteiger partial charge in [-0.1, -0.05) is 76.2 Å². The Balaban J connectivity index is 1.81. The number of oxazole rings is 2. The summed E-state index contributed by atoms with van der Waals surface area (Å²) < 4.78 is 18.7. The number of nitrogens with zero attached hydrogens (tertiary/aromatic N) is 2. The quantitative estimate of drug-likeness (QED) is 0.372. The monoisotopic (exact) mass is 527 g/mol. The SMILES string of the molecule is CC(C)OC(=O)C1=c2oc(=O)/c(=C\c3ccc(C(C)C)cc3)n2-c2oc(N)nc2[C@@H]1c1ccc(C(C)C)cc1. The van der Waals surface area contributed by atoms with Crippen LogP contribution in [-0.4, -0.2) is 21.6 Å². The molecule has 202 valence electrons. The van der Waals surface area contributed by atoms with Crippen molar-refractivity contribution < 1.29 is 18.4 Å². The molecule has 39 heavy (non-hydrogen) atoms. The van der Waals surface area contributed by atoms with Crippen LogP contribution < -0.4 is 22.3 Å². The van der Waals surface area contributed by atoms with Gasteiger partial charge in [0.1, 0.15) is 16.6 Å². The lowest BCUT2D eigenvalue weighted by molar-refractivity contribution is -0.140. The van der Waals surface area contributed by atoms with Gasteiger partial charge in [-0.15, -0.1) is 0 Å². The van der Waals surface area contributed by atoms with E-state index in [4.69, 9.17) is 19.3 Å². The molecular weight excluding hydrogens is 494 g/mol. The zero-order chi connectivity index (χ0) is 28.0. The van der Waals surface area contributed by atoms with Gasteiger partial charge in [-0.25, -0.2) is 14.2 Å². The predicted molar refractivity (Wildman–Crippen MR) is 149 cm³/mol. The molecule has 0 spiro atoms. The largest absolute Gasteiger partial charge is 0.459 e. The number of nitrogen functional groups attached to an aromatic ring is 1. The molecule has 0 radical (unpaired) electrons. The lowest BCUT2D eigenvalue weighted by Crippen LogP contribution is -2.38. The van der Waals surface area contributed by atoms with Gasteiger partial charge in [0.05, 0.1) is 12.0 Å². The van der Waals surface area contributed by atoms with Crippen LogP contribution in [0.4, 0.5) is 6.01 Å². The molecule has 3 heterocycles. The first kappa shape index (κ1) is 26.3. The lowest BCUT2D eigenvalue weighted by Gasteiger charge is -2.23. The summed E-state index contributed by atoms with van der Waals surface area (Å²) in [7, 11) is 0. The number of aromatic nitrogens is 2. The summed E-state index contributed by atoms with van der Waals surface area (Å²) in [5.41, 5.74) is 9.92. The number of carbonyl (C=O) groups is 1. The van der Waals surface area contributed by atoms with Gasteiger partial charge in [0.2, 0.25) is 11.4 Å². The summed E-state index contributed by atoms with van der Waals surface area (Å²) in [6.07, 6.45) is 1.31. The maximum absolute atomic E-state index is 13.6. The second-order valence-corrected chi connectivity index (χ2v) is 10.7. The normalized spacial score (nSPS) is 15.3. The molecule has 1 aliphatic heterocycles. The van der Waals surface area contributed by atoms with E-state index in [9.17, 15) is 9.59 Å². The average Bonchev–Trinajstić information content (AvgIpc) is 3.41. The molecule has 0 saturated heterocycles. The van der Waals surface area contributed by atoms with Crippen LogP contribution in [0, 0.1) is 0 Å². The van der Waals surface area contributed by atoms with E-state index in [0.29, 0.717) is 17.5 Å². The summed E-state index contributed by atoms with van der Waals surface area (Å²) in [6.45, 7) is 12.0. The fourth-order valence-electron chi connectivity index (χ4n) is 4.85. The van der Waals surface area contributed by atoms with E-state index < -0.39 is 23.6 Å². The van der Waals surface area contributed by atoms with Gasteiger partial charge < -0.3 is 19.3 Å². The Hall–Kier alpha value is -4.33. The van der Waals surface area contributed by atoms with Gasteiger partial charge in [-0.05, 0) is 54.0 Å². The number of ether oxygens (including phenoxy) is 1. The number of nitrogens with two attached hydrogens (primary N) is 1. The maximum atomic E-state index is 13.6. The third kappa shape index (κ3) is 4.82. The highest BCUT2D eigenvalue weighted by molar-refractivity contribution is 6.12. The Morgan fingerprint density at radius 3 is 2.10 bits per heavy atom. The molecule has 0 saturated carbocycles. The third-order valence-electron chi connectivity index (χ3n) is 6.89. The fourth-order valence-corrected chi connectivity index (χ4v) is 4.85. The third-order valence-corrected chi connectivity index (χ3v) is 6.89. The van der Waals surface area contributed by atoms with Crippen LogP contribution in [0.5, 0.6) is 0 Å². The molecule has 1 atom stereocenters. The summed E-state index contributed by atoms with van der Waals surface area (Å²) in [5, 5.41) is 0.183. The molecule has 0 fully saturated rings. The number of carbonyl (C=O) groups excluding carboxylic acids is 1. The topological polar surface area (TPSA) is 113 Å². The smallest absolute Gasteiger partial charge is 0.362 e. The molecule has 1 aliphatic rings. The Labute approximate surface area is 226 Å². The fraction of sp³-hybridized carbons (Fsp3) is 0.323. The molecule has 8 nitrogen and oxygen atoms in total.